The minimum Gasteiger partial charge on any atom is -0.497 e. The van der Waals surface area contributed by atoms with Crippen molar-refractivity contribution in [2.75, 3.05) is 7.11 Å². The van der Waals surface area contributed by atoms with Crippen LogP contribution in [0.3, 0.4) is 0 Å². The van der Waals surface area contributed by atoms with Gasteiger partial charge in [0.05, 0.1) is 7.11 Å². The van der Waals surface area contributed by atoms with Crippen LogP contribution in [0.15, 0.2) is 41.8 Å². The Kier molecular flexibility index (Phi) is 2.99. The van der Waals surface area contributed by atoms with Gasteiger partial charge < -0.3 is 9.84 Å². The summed E-state index contributed by atoms with van der Waals surface area (Å²) in [6, 6.07) is 11.4. The summed E-state index contributed by atoms with van der Waals surface area (Å²) in [6.45, 7) is 1.80. The number of methoxy groups -OCH3 is 1. The third-order valence-corrected chi connectivity index (χ3v) is 3.71. The van der Waals surface area contributed by atoms with E-state index in [1.54, 1.807) is 25.4 Å². The predicted molar refractivity (Wildman–Crippen MR) is 66.0 cm³/mol. The summed E-state index contributed by atoms with van der Waals surface area (Å²) < 4.78 is 5.16. The van der Waals surface area contributed by atoms with Crippen molar-refractivity contribution < 1.29 is 9.84 Å². The van der Waals surface area contributed by atoms with E-state index in [2.05, 4.69) is 0 Å². The minimum absolute atomic E-state index is 0.759. The second-order valence-corrected chi connectivity index (χ2v) is 4.73. The van der Waals surface area contributed by atoms with Crippen molar-refractivity contribution in [3.8, 4) is 5.75 Å². The zero-order valence-corrected chi connectivity index (χ0v) is 10.1. The van der Waals surface area contributed by atoms with Crippen LogP contribution in [0.5, 0.6) is 5.75 Å². The lowest BCUT2D eigenvalue weighted by Gasteiger charge is -2.22. The largest absolute Gasteiger partial charge is 0.497 e. The third kappa shape index (κ3) is 1.96. The summed E-state index contributed by atoms with van der Waals surface area (Å²) in [7, 11) is 1.62. The van der Waals surface area contributed by atoms with Gasteiger partial charge in [0.1, 0.15) is 11.4 Å². The van der Waals surface area contributed by atoms with Crippen LogP contribution in [0.1, 0.15) is 17.4 Å². The monoisotopic (exact) mass is 234 g/mol. The summed E-state index contributed by atoms with van der Waals surface area (Å²) in [5.41, 5.74) is -0.114. The van der Waals surface area contributed by atoms with Gasteiger partial charge in [0.25, 0.3) is 0 Å². The highest BCUT2D eigenvalue weighted by Gasteiger charge is 2.26. The fraction of sp³-hybridized carbons (Fsp3) is 0.231. The molecule has 0 saturated heterocycles. The van der Waals surface area contributed by atoms with Crippen LogP contribution >= 0.6 is 11.3 Å². The van der Waals surface area contributed by atoms with Gasteiger partial charge in [0, 0.05) is 4.88 Å². The van der Waals surface area contributed by atoms with Gasteiger partial charge in [0.2, 0.25) is 0 Å². The number of thiophene rings is 1. The predicted octanol–water partition coefficient (Wildman–Crippen LogP) is 3.01. The zero-order chi connectivity index (χ0) is 11.6. The Morgan fingerprint density at radius 2 is 2.06 bits per heavy atom. The molecule has 1 N–H and O–H groups in total. The van der Waals surface area contributed by atoms with Gasteiger partial charge in [-0.25, -0.2) is 0 Å². The summed E-state index contributed by atoms with van der Waals surface area (Å²) >= 11 is 1.55. The Morgan fingerprint density at radius 1 is 1.25 bits per heavy atom. The van der Waals surface area contributed by atoms with E-state index in [1.807, 2.05) is 41.8 Å². The van der Waals surface area contributed by atoms with Crippen molar-refractivity contribution >= 4 is 11.3 Å². The van der Waals surface area contributed by atoms with E-state index in [-0.39, 0.29) is 0 Å². The molecule has 0 radical (unpaired) electrons. The molecule has 1 aromatic heterocycles. The number of benzene rings is 1. The summed E-state index contributed by atoms with van der Waals surface area (Å²) in [5.74, 6) is 0.759. The highest BCUT2D eigenvalue weighted by molar-refractivity contribution is 7.10. The number of ether oxygens (including phenoxy) is 1. The zero-order valence-electron chi connectivity index (χ0n) is 9.31. The van der Waals surface area contributed by atoms with Crippen molar-refractivity contribution in [2.24, 2.45) is 0 Å². The molecule has 1 unspecified atom stereocenters. The summed E-state index contributed by atoms with van der Waals surface area (Å²) in [4.78, 5) is 0.931. The van der Waals surface area contributed by atoms with Crippen molar-refractivity contribution in [3.05, 3.63) is 52.2 Å². The normalized spacial score (nSPS) is 14.4. The van der Waals surface area contributed by atoms with E-state index < -0.39 is 5.60 Å². The van der Waals surface area contributed by atoms with Gasteiger partial charge in [-0.1, -0.05) is 18.2 Å². The molecule has 0 spiro atoms. The second-order valence-electron chi connectivity index (χ2n) is 3.78. The maximum Gasteiger partial charge on any atom is 0.121 e. The SMILES string of the molecule is COc1cccc(C(C)(O)c2cccs2)c1. The fourth-order valence-electron chi connectivity index (χ4n) is 1.62. The molecular weight excluding hydrogens is 220 g/mol. The standard InChI is InChI=1S/C13H14O2S/c1-13(14,12-7-4-8-16-12)10-5-3-6-11(9-10)15-2/h3-9,14H,1-2H3. The lowest BCUT2D eigenvalue weighted by Crippen LogP contribution is -2.21. The van der Waals surface area contributed by atoms with E-state index in [9.17, 15) is 5.11 Å². The molecule has 0 aliphatic heterocycles. The Hall–Kier alpha value is -1.32. The van der Waals surface area contributed by atoms with E-state index in [1.165, 1.54) is 0 Å². The maximum atomic E-state index is 10.5. The van der Waals surface area contributed by atoms with Crippen LogP contribution in [0.4, 0.5) is 0 Å². The first-order chi connectivity index (χ1) is 7.64. The van der Waals surface area contributed by atoms with Gasteiger partial charge in [-0.05, 0) is 36.1 Å². The average Bonchev–Trinajstić information content (AvgIpc) is 2.83. The van der Waals surface area contributed by atoms with E-state index in [0.29, 0.717) is 0 Å². The second kappa shape index (κ2) is 4.28. The van der Waals surface area contributed by atoms with Crippen LogP contribution in [-0.2, 0) is 5.60 Å². The van der Waals surface area contributed by atoms with E-state index >= 15 is 0 Å². The number of hydrogen-bond acceptors (Lipinski definition) is 3. The molecule has 2 nitrogen and oxygen atoms in total. The lowest BCUT2D eigenvalue weighted by molar-refractivity contribution is 0.106. The van der Waals surface area contributed by atoms with Gasteiger partial charge >= 0.3 is 0 Å². The Labute approximate surface area is 99.1 Å². The Bertz CT molecular complexity index is 461. The van der Waals surface area contributed by atoms with Gasteiger partial charge in [-0.2, -0.15) is 0 Å². The molecule has 0 aliphatic rings. The molecule has 1 heterocycles. The van der Waals surface area contributed by atoms with Crippen LogP contribution in [0.2, 0.25) is 0 Å². The molecule has 2 rings (SSSR count). The van der Waals surface area contributed by atoms with Gasteiger partial charge in [-0.15, -0.1) is 11.3 Å². The van der Waals surface area contributed by atoms with Crippen LogP contribution in [-0.4, -0.2) is 12.2 Å². The molecule has 0 saturated carbocycles. The van der Waals surface area contributed by atoms with Crippen molar-refractivity contribution in [1.29, 1.82) is 0 Å². The minimum atomic E-state index is -0.956. The van der Waals surface area contributed by atoms with Gasteiger partial charge in [-0.3, -0.25) is 0 Å². The van der Waals surface area contributed by atoms with Crippen LogP contribution in [0.25, 0.3) is 0 Å². The molecule has 3 heteroatoms. The average molecular weight is 234 g/mol. The number of rotatable bonds is 3. The van der Waals surface area contributed by atoms with E-state index in [4.69, 9.17) is 4.74 Å². The third-order valence-electron chi connectivity index (χ3n) is 2.63. The molecule has 0 amide bonds. The summed E-state index contributed by atoms with van der Waals surface area (Å²) in [6.07, 6.45) is 0. The Balaban J connectivity index is 2.42. The molecule has 1 aromatic carbocycles. The van der Waals surface area contributed by atoms with Crippen molar-refractivity contribution in [2.45, 2.75) is 12.5 Å². The van der Waals surface area contributed by atoms with Gasteiger partial charge in [0.15, 0.2) is 0 Å². The molecule has 84 valence electrons. The molecule has 0 fully saturated rings. The first-order valence-corrected chi connectivity index (χ1v) is 5.93. The van der Waals surface area contributed by atoms with Crippen molar-refractivity contribution in [1.82, 2.24) is 0 Å². The quantitative estimate of drug-likeness (QED) is 0.884. The lowest BCUT2D eigenvalue weighted by atomic mass is 9.94. The first-order valence-electron chi connectivity index (χ1n) is 5.05. The topological polar surface area (TPSA) is 29.5 Å². The highest BCUT2D eigenvalue weighted by Crippen LogP contribution is 2.33. The maximum absolute atomic E-state index is 10.5. The molecule has 0 aliphatic carbocycles. The van der Waals surface area contributed by atoms with Crippen LogP contribution in [0, 0.1) is 0 Å². The number of hydrogen-bond donors (Lipinski definition) is 1. The fourth-order valence-corrected chi connectivity index (χ4v) is 2.43. The van der Waals surface area contributed by atoms with E-state index in [0.717, 1.165) is 16.2 Å². The molecule has 2 aromatic rings. The van der Waals surface area contributed by atoms with Crippen LogP contribution < -0.4 is 4.74 Å². The summed E-state index contributed by atoms with van der Waals surface area (Å²) in [5, 5.41) is 12.5. The molecule has 16 heavy (non-hydrogen) atoms. The van der Waals surface area contributed by atoms with Crippen molar-refractivity contribution in [3.63, 3.8) is 0 Å². The Morgan fingerprint density at radius 3 is 2.69 bits per heavy atom. The smallest absolute Gasteiger partial charge is 0.121 e. The molecular formula is C13H14O2S. The first kappa shape index (κ1) is 11.2. The molecule has 0 bridgehead atoms. The number of aliphatic hydroxyl groups is 1. The highest BCUT2D eigenvalue weighted by atomic mass is 32.1. The molecule has 1 atom stereocenters.